The maximum Gasteiger partial charge on any atom is 0.198 e. The highest BCUT2D eigenvalue weighted by Crippen LogP contribution is 2.21. The van der Waals surface area contributed by atoms with Gasteiger partial charge in [-0.15, -0.1) is 0 Å². The normalized spacial score (nSPS) is 14.3. The van der Waals surface area contributed by atoms with Gasteiger partial charge < -0.3 is 10.5 Å². The van der Waals surface area contributed by atoms with Crippen molar-refractivity contribution in [2.45, 2.75) is 58.4 Å². The van der Waals surface area contributed by atoms with Crippen LogP contribution in [0.3, 0.4) is 0 Å². The minimum Gasteiger partial charge on any atom is -0.493 e. The first-order chi connectivity index (χ1) is 10.2. The fourth-order valence-electron chi connectivity index (χ4n) is 2.42. The van der Waals surface area contributed by atoms with Gasteiger partial charge in [-0.3, -0.25) is 0 Å². The van der Waals surface area contributed by atoms with Crippen molar-refractivity contribution in [3.05, 3.63) is 23.7 Å². The van der Waals surface area contributed by atoms with Crippen LogP contribution in [-0.2, 0) is 6.54 Å². The summed E-state index contributed by atoms with van der Waals surface area (Å²) in [5.74, 6) is 1.82. The fourth-order valence-corrected chi connectivity index (χ4v) is 2.42. The van der Waals surface area contributed by atoms with Crippen LogP contribution in [0.4, 0.5) is 0 Å². The molecule has 0 aromatic carbocycles. The van der Waals surface area contributed by atoms with Crippen molar-refractivity contribution < 1.29 is 4.74 Å². The summed E-state index contributed by atoms with van der Waals surface area (Å²) in [6.45, 7) is 4.58. The van der Waals surface area contributed by atoms with Crippen LogP contribution in [-0.4, -0.2) is 21.7 Å². The van der Waals surface area contributed by atoms with Crippen molar-refractivity contribution >= 4 is 5.65 Å². The van der Waals surface area contributed by atoms with Crippen molar-refractivity contribution in [3.63, 3.8) is 0 Å². The molecule has 0 atom stereocenters. The largest absolute Gasteiger partial charge is 0.493 e. The molecule has 2 heterocycles. The number of methoxy groups -OCH3 is 1. The van der Waals surface area contributed by atoms with Crippen LogP contribution in [0.1, 0.15) is 63.3 Å². The Morgan fingerprint density at radius 3 is 2.33 bits per heavy atom. The lowest BCUT2D eigenvalue weighted by Crippen LogP contribution is -2.01. The maximum absolute atomic E-state index is 5.61. The molecule has 0 radical (unpaired) electrons. The highest BCUT2D eigenvalue weighted by Gasteiger charge is 2.12. The number of nitrogens with zero attached hydrogens (tertiary/aromatic N) is 3. The average Bonchev–Trinajstić information content (AvgIpc) is 3.17. The topological polar surface area (TPSA) is 65.4 Å². The summed E-state index contributed by atoms with van der Waals surface area (Å²) in [5, 5.41) is 4.40. The first-order valence-electron chi connectivity index (χ1n) is 7.79. The highest BCUT2D eigenvalue weighted by molar-refractivity contribution is 5.54. The van der Waals surface area contributed by atoms with E-state index < -0.39 is 0 Å². The molecule has 21 heavy (non-hydrogen) atoms. The number of hydrogen-bond donors (Lipinski definition) is 1. The van der Waals surface area contributed by atoms with Crippen molar-refractivity contribution in [1.82, 2.24) is 14.6 Å². The molecule has 1 aliphatic rings. The molecule has 0 bridgehead atoms. The predicted molar refractivity (Wildman–Crippen MR) is 84.6 cm³/mol. The third kappa shape index (κ3) is 3.94. The SMILES string of the molecule is C1CCCC1.COc1cc(CN)cn2nc(C(C)C)nc12. The van der Waals surface area contributed by atoms with E-state index in [9.17, 15) is 0 Å². The molecule has 0 aliphatic heterocycles. The summed E-state index contributed by atoms with van der Waals surface area (Å²) in [7, 11) is 1.62. The van der Waals surface area contributed by atoms with E-state index in [1.54, 1.807) is 11.6 Å². The van der Waals surface area contributed by atoms with Crippen LogP contribution in [0.2, 0.25) is 0 Å². The molecule has 0 spiro atoms. The third-order valence-electron chi connectivity index (χ3n) is 3.69. The van der Waals surface area contributed by atoms with Gasteiger partial charge in [-0.25, -0.2) is 9.50 Å². The fraction of sp³-hybridized carbons (Fsp3) is 0.625. The summed E-state index contributed by atoms with van der Waals surface area (Å²) in [4.78, 5) is 4.44. The molecule has 0 saturated heterocycles. The number of fused-ring (bicyclic) bond motifs is 1. The summed E-state index contributed by atoms with van der Waals surface area (Å²) >= 11 is 0. The quantitative estimate of drug-likeness (QED) is 0.942. The Hall–Kier alpha value is -1.62. The van der Waals surface area contributed by atoms with Crippen LogP contribution in [0, 0.1) is 0 Å². The van der Waals surface area contributed by atoms with E-state index in [-0.39, 0.29) is 0 Å². The first-order valence-corrected chi connectivity index (χ1v) is 7.79. The van der Waals surface area contributed by atoms with E-state index in [2.05, 4.69) is 23.9 Å². The Morgan fingerprint density at radius 2 is 1.86 bits per heavy atom. The molecule has 5 heteroatoms. The molecule has 1 fully saturated rings. The standard InChI is InChI=1S/C11H16N4O.C5H10/c1-7(2)10-13-11-9(16-3)4-8(5-12)6-15(11)14-10;1-2-4-5-3-1/h4,6-7H,5,12H2,1-3H3;1-5H2. The van der Waals surface area contributed by atoms with Gasteiger partial charge in [-0.2, -0.15) is 5.10 Å². The predicted octanol–water partition coefficient (Wildman–Crippen LogP) is 3.27. The zero-order valence-corrected chi connectivity index (χ0v) is 13.3. The van der Waals surface area contributed by atoms with Crippen LogP contribution in [0.15, 0.2) is 12.3 Å². The lowest BCUT2D eigenvalue weighted by atomic mass is 10.2. The van der Waals surface area contributed by atoms with Gasteiger partial charge >= 0.3 is 0 Å². The number of pyridine rings is 1. The summed E-state index contributed by atoms with van der Waals surface area (Å²) in [6, 6.07) is 1.90. The smallest absolute Gasteiger partial charge is 0.198 e. The second-order valence-corrected chi connectivity index (χ2v) is 5.78. The van der Waals surface area contributed by atoms with Crippen LogP contribution in [0.25, 0.3) is 5.65 Å². The molecular weight excluding hydrogens is 264 g/mol. The minimum atomic E-state index is 0.297. The second kappa shape index (κ2) is 7.41. The van der Waals surface area contributed by atoms with E-state index >= 15 is 0 Å². The van der Waals surface area contributed by atoms with Gasteiger partial charge in [-0.05, 0) is 11.6 Å². The summed E-state index contributed by atoms with van der Waals surface area (Å²) < 4.78 is 7.02. The number of ether oxygens (including phenoxy) is 1. The molecule has 2 N–H and O–H groups in total. The zero-order valence-electron chi connectivity index (χ0n) is 13.3. The van der Waals surface area contributed by atoms with Gasteiger partial charge in [0, 0.05) is 18.7 Å². The number of aromatic nitrogens is 3. The van der Waals surface area contributed by atoms with Crippen LogP contribution >= 0.6 is 0 Å². The van der Waals surface area contributed by atoms with E-state index in [1.165, 1.54) is 32.1 Å². The van der Waals surface area contributed by atoms with Crippen molar-refractivity contribution in [3.8, 4) is 5.75 Å². The average molecular weight is 290 g/mol. The Kier molecular flexibility index (Phi) is 5.56. The van der Waals surface area contributed by atoms with Crippen molar-refractivity contribution in [2.24, 2.45) is 5.73 Å². The molecule has 3 rings (SSSR count). The van der Waals surface area contributed by atoms with Crippen LogP contribution in [0.5, 0.6) is 5.75 Å². The van der Waals surface area contributed by atoms with Crippen molar-refractivity contribution in [2.75, 3.05) is 7.11 Å². The minimum absolute atomic E-state index is 0.297. The molecule has 5 nitrogen and oxygen atoms in total. The van der Waals surface area contributed by atoms with Gasteiger partial charge in [0.2, 0.25) is 0 Å². The molecule has 2 aromatic heterocycles. The zero-order chi connectivity index (χ0) is 15.2. The lowest BCUT2D eigenvalue weighted by Gasteiger charge is -2.03. The van der Waals surface area contributed by atoms with Gasteiger partial charge in [-0.1, -0.05) is 46.0 Å². The van der Waals surface area contributed by atoms with Gasteiger partial charge in [0.1, 0.15) is 0 Å². The lowest BCUT2D eigenvalue weighted by molar-refractivity contribution is 0.416. The molecule has 2 aromatic rings. The van der Waals surface area contributed by atoms with Crippen molar-refractivity contribution in [1.29, 1.82) is 0 Å². The van der Waals surface area contributed by atoms with Gasteiger partial charge in [0.25, 0.3) is 0 Å². The molecule has 1 aliphatic carbocycles. The Balaban J connectivity index is 0.000000272. The maximum atomic E-state index is 5.61. The molecule has 0 amide bonds. The number of rotatable bonds is 3. The van der Waals surface area contributed by atoms with E-state index in [0.717, 1.165) is 17.0 Å². The van der Waals surface area contributed by atoms with E-state index in [0.29, 0.717) is 18.2 Å². The molecule has 0 unspecified atom stereocenters. The Labute approximate surface area is 126 Å². The van der Waals surface area contributed by atoms with E-state index in [1.807, 2.05) is 12.3 Å². The number of hydrogen-bond acceptors (Lipinski definition) is 4. The molecular formula is C16H26N4O. The number of nitrogens with two attached hydrogens (primary N) is 1. The molecule has 116 valence electrons. The van der Waals surface area contributed by atoms with E-state index in [4.69, 9.17) is 10.5 Å². The summed E-state index contributed by atoms with van der Waals surface area (Å²) in [5.41, 5.74) is 7.33. The second-order valence-electron chi connectivity index (χ2n) is 5.78. The van der Waals surface area contributed by atoms with Gasteiger partial charge in [0.05, 0.1) is 7.11 Å². The third-order valence-corrected chi connectivity index (χ3v) is 3.69. The van der Waals surface area contributed by atoms with Crippen LogP contribution < -0.4 is 10.5 Å². The Morgan fingerprint density at radius 1 is 1.24 bits per heavy atom. The summed E-state index contributed by atoms with van der Waals surface area (Å²) in [6.07, 6.45) is 9.39. The molecule has 1 saturated carbocycles. The first kappa shape index (κ1) is 15.8. The monoisotopic (exact) mass is 290 g/mol. The highest BCUT2D eigenvalue weighted by atomic mass is 16.5. The van der Waals surface area contributed by atoms with Gasteiger partial charge in [0.15, 0.2) is 17.2 Å². The Bertz CT molecular complexity index is 565.